The summed E-state index contributed by atoms with van der Waals surface area (Å²) in [7, 11) is 0. The molecule has 0 unspecified atom stereocenters. The van der Waals surface area contributed by atoms with Crippen LogP contribution in [0.1, 0.15) is 75.3 Å². The lowest BCUT2D eigenvalue weighted by atomic mass is 9.86. The Bertz CT molecular complexity index is 1070. The highest BCUT2D eigenvalue weighted by Gasteiger charge is 2.22. The summed E-state index contributed by atoms with van der Waals surface area (Å²) in [5.41, 5.74) is 5.79. The fraction of sp³-hybridized carbons (Fsp3) is 0.467. The van der Waals surface area contributed by atoms with Gasteiger partial charge >= 0.3 is 0 Å². The van der Waals surface area contributed by atoms with E-state index in [1.165, 1.54) is 22.5 Å². The van der Waals surface area contributed by atoms with E-state index in [2.05, 4.69) is 101 Å². The molecule has 2 N–H and O–H groups in total. The molecular weight excluding hydrogens is 450 g/mol. The van der Waals surface area contributed by atoms with Gasteiger partial charge in [0.15, 0.2) is 5.01 Å². The lowest BCUT2D eigenvalue weighted by Crippen LogP contribution is -2.35. The standard InChI is InChI=1S/C30H39N3OS/c1-29(2,3)23-11-7-21(8-12-23)25-26(22-9-13-24(14-10-22)30(4,5)6)35-28(33-25)27(34)32-19-20-15-17-31-18-16-20/h7-14,20,31H,15-19H2,1-6H3,(H,32,34). The molecule has 1 saturated heterocycles. The van der Waals surface area contributed by atoms with E-state index in [4.69, 9.17) is 4.98 Å². The minimum atomic E-state index is -0.0707. The number of hydrogen-bond acceptors (Lipinski definition) is 4. The zero-order valence-electron chi connectivity index (χ0n) is 22.0. The van der Waals surface area contributed by atoms with Crippen molar-refractivity contribution >= 4 is 17.2 Å². The second-order valence-corrected chi connectivity index (χ2v) is 12.8. The van der Waals surface area contributed by atoms with E-state index in [9.17, 15) is 4.79 Å². The van der Waals surface area contributed by atoms with Crippen LogP contribution in [-0.2, 0) is 10.8 Å². The number of amides is 1. The maximum absolute atomic E-state index is 13.1. The quantitative estimate of drug-likeness (QED) is 0.414. The first kappa shape index (κ1) is 25.6. The summed E-state index contributed by atoms with van der Waals surface area (Å²) in [6.07, 6.45) is 2.21. The van der Waals surface area contributed by atoms with Crippen LogP contribution in [0.25, 0.3) is 21.7 Å². The molecule has 4 nitrogen and oxygen atoms in total. The van der Waals surface area contributed by atoms with E-state index in [0.29, 0.717) is 17.5 Å². The fourth-order valence-electron chi connectivity index (χ4n) is 4.46. The van der Waals surface area contributed by atoms with Crippen molar-refractivity contribution in [2.45, 2.75) is 65.2 Å². The first-order valence-corrected chi connectivity index (χ1v) is 13.6. The van der Waals surface area contributed by atoms with E-state index < -0.39 is 0 Å². The van der Waals surface area contributed by atoms with Gasteiger partial charge in [0.1, 0.15) is 0 Å². The van der Waals surface area contributed by atoms with Crippen LogP contribution in [0.2, 0.25) is 0 Å². The summed E-state index contributed by atoms with van der Waals surface area (Å²) in [6.45, 7) is 16.1. The molecule has 3 aromatic rings. The summed E-state index contributed by atoms with van der Waals surface area (Å²) < 4.78 is 0. The normalized spacial score (nSPS) is 15.3. The van der Waals surface area contributed by atoms with E-state index in [0.717, 1.165) is 47.6 Å². The number of thiazole rings is 1. The lowest BCUT2D eigenvalue weighted by Gasteiger charge is -2.22. The number of rotatable bonds is 5. The number of nitrogens with one attached hydrogen (secondary N) is 2. The lowest BCUT2D eigenvalue weighted by molar-refractivity contribution is 0.0944. The van der Waals surface area contributed by atoms with Crippen molar-refractivity contribution in [2.75, 3.05) is 19.6 Å². The number of hydrogen-bond donors (Lipinski definition) is 2. The molecule has 5 heteroatoms. The molecule has 35 heavy (non-hydrogen) atoms. The highest BCUT2D eigenvalue weighted by atomic mass is 32.1. The van der Waals surface area contributed by atoms with Crippen molar-refractivity contribution in [1.82, 2.24) is 15.6 Å². The van der Waals surface area contributed by atoms with Crippen molar-refractivity contribution in [3.05, 3.63) is 64.7 Å². The molecule has 0 bridgehead atoms. The summed E-state index contributed by atoms with van der Waals surface area (Å²) >= 11 is 1.49. The SMILES string of the molecule is CC(C)(C)c1ccc(-c2nc(C(=O)NCC3CCNCC3)sc2-c2ccc(C(C)(C)C)cc2)cc1. The smallest absolute Gasteiger partial charge is 0.280 e. The first-order chi connectivity index (χ1) is 16.5. The summed E-state index contributed by atoms with van der Waals surface area (Å²) in [6, 6.07) is 17.3. The molecule has 0 spiro atoms. The van der Waals surface area contributed by atoms with Gasteiger partial charge in [-0.2, -0.15) is 0 Å². The minimum absolute atomic E-state index is 0.0707. The predicted octanol–water partition coefficient (Wildman–Crippen LogP) is 6.80. The van der Waals surface area contributed by atoms with Gasteiger partial charge in [-0.1, -0.05) is 90.1 Å². The van der Waals surface area contributed by atoms with Crippen LogP contribution in [0, 0.1) is 5.92 Å². The summed E-state index contributed by atoms with van der Waals surface area (Å²) in [5, 5.41) is 7.07. The Labute approximate surface area is 214 Å². The Morgan fingerprint density at radius 3 is 1.91 bits per heavy atom. The van der Waals surface area contributed by atoms with Crippen molar-refractivity contribution in [3.8, 4) is 21.7 Å². The number of nitrogens with zero attached hydrogens (tertiary/aromatic N) is 1. The zero-order valence-corrected chi connectivity index (χ0v) is 22.8. The Hall–Kier alpha value is -2.50. The molecule has 1 amide bonds. The molecule has 2 aromatic carbocycles. The zero-order chi connectivity index (χ0) is 25.2. The Morgan fingerprint density at radius 2 is 1.40 bits per heavy atom. The van der Waals surface area contributed by atoms with Gasteiger partial charge in [0.2, 0.25) is 0 Å². The van der Waals surface area contributed by atoms with Crippen molar-refractivity contribution < 1.29 is 4.79 Å². The predicted molar refractivity (Wildman–Crippen MR) is 148 cm³/mol. The number of benzene rings is 2. The van der Waals surface area contributed by atoms with E-state index in [1.807, 2.05) is 0 Å². The molecule has 1 aliphatic rings. The van der Waals surface area contributed by atoms with Gasteiger partial charge in [-0.3, -0.25) is 4.79 Å². The fourth-order valence-corrected chi connectivity index (χ4v) is 5.47. The second-order valence-electron chi connectivity index (χ2n) is 11.8. The third kappa shape index (κ3) is 6.20. The Morgan fingerprint density at radius 1 is 0.886 bits per heavy atom. The van der Waals surface area contributed by atoms with Gasteiger partial charge in [-0.05, 0) is 59.4 Å². The van der Waals surface area contributed by atoms with Crippen LogP contribution >= 0.6 is 11.3 Å². The molecule has 0 radical (unpaired) electrons. The van der Waals surface area contributed by atoms with E-state index in [1.54, 1.807) is 0 Å². The van der Waals surface area contributed by atoms with Gasteiger partial charge < -0.3 is 10.6 Å². The van der Waals surface area contributed by atoms with Crippen LogP contribution in [0.3, 0.4) is 0 Å². The van der Waals surface area contributed by atoms with Gasteiger partial charge in [0.25, 0.3) is 5.91 Å². The van der Waals surface area contributed by atoms with Crippen LogP contribution in [0.5, 0.6) is 0 Å². The maximum Gasteiger partial charge on any atom is 0.280 e. The molecule has 1 fully saturated rings. The van der Waals surface area contributed by atoms with Crippen LogP contribution < -0.4 is 10.6 Å². The molecule has 0 atom stereocenters. The highest BCUT2D eigenvalue weighted by Crippen LogP contribution is 2.38. The average Bonchev–Trinajstić information content (AvgIpc) is 3.28. The number of piperidine rings is 1. The monoisotopic (exact) mass is 489 g/mol. The minimum Gasteiger partial charge on any atom is -0.350 e. The summed E-state index contributed by atoms with van der Waals surface area (Å²) in [4.78, 5) is 19.0. The largest absolute Gasteiger partial charge is 0.350 e. The number of carbonyl (C=O) groups excluding carboxylic acids is 1. The molecule has 186 valence electrons. The average molecular weight is 490 g/mol. The van der Waals surface area contributed by atoms with E-state index >= 15 is 0 Å². The molecular formula is C30H39N3OS. The van der Waals surface area contributed by atoms with Crippen LogP contribution in [0.15, 0.2) is 48.5 Å². The third-order valence-corrected chi connectivity index (χ3v) is 7.97. The number of carbonyl (C=O) groups is 1. The number of aromatic nitrogens is 1. The maximum atomic E-state index is 13.1. The van der Waals surface area contributed by atoms with Crippen molar-refractivity contribution in [1.29, 1.82) is 0 Å². The molecule has 1 aliphatic heterocycles. The van der Waals surface area contributed by atoms with Gasteiger partial charge in [-0.25, -0.2) is 4.98 Å². The highest BCUT2D eigenvalue weighted by molar-refractivity contribution is 7.17. The van der Waals surface area contributed by atoms with E-state index in [-0.39, 0.29) is 16.7 Å². The molecule has 2 heterocycles. The third-order valence-electron chi connectivity index (χ3n) is 6.87. The van der Waals surface area contributed by atoms with Crippen LogP contribution in [0.4, 0.5) is 0 Å². The topological polar surface area (TPSA) is 54.0 Å². The first-order valence-electron chi connectivity index (χ1n) is 12.7. The molecule has 0 aliphatic carbocycles. The van der Waals surface area contributed by atoms with Crippen molar-refractivity contribution in [2.24, 2.45) is 5.92 Å². The van der Waals surface area contributed by atoms with Crippen LogP contribution in [-0.4, -0.2) is 30.5 Å². The van der Waals surface area contributed by atoms with Gasteiger partial charge in [0.05, 0.1) is 10.6 Å². The summed E-state index contributed by atoms with van der Waals surface area (Å²) in [5.74, 6) is 0.465. The molecule has 0 saturated carbocycles. The van der Waals surface area contributed by atoms with Gasteiger partial charge in [0, 0.05) is 12.1 Å². The van der Waals surface area contributed by atoms with Gasteiger partial charge in [-0.15, -0.1) is 11.3 Å². The second kappa shape index (κ2) is 10.2. The Balaban J connectivity index is 1.66. The molecule has 4 rings (SSSR count). The Kier molecular flexibility index (Phi) is 7.48. The molecule has 1 aromatic heterocycles. The van der Waals surface area contributed by atoms with Crippen molar-refractivity contribution in [3.63, 3.8) is 0 Å².